The van der Waals surface area contributed by atoms with Crippen molar-refractivity contribution in [1.29, 1.82) is 0 Å². The minimum absolute atomic E-state index is 0.269. The van der Waals surface area contributed by atoms with Crippen LogP contribution in [0.25, 0.3) is 6.08 Å². The third-order valence-corrected chi connectivity index (χ3v) is 2.98. The van der Waals surface area contributed by atoms with Crippen LogP contribution in [0.5, 0.6) is 11.5 Å². The van der Waals surface area contributed by atoms with E-state index in [1.807, 2.05) is 30.3 Å². The molecule has 4 nitrogen and oxygen atoms in total. The number of hydrogen-bond donors (Lipinski definition) is 1. The number of methoxy groups -OCH3 is 1. The lowest BCUT2D eigenvalue weighted by Gasteiger charge is -2.20. The molecule has 0 aliphatic carbocycles. The summed E-state index contributed by atoms with van der Waals surface area (Å²) in [5, 5.41) is 2.79. The number of rotatable bonds is 2. The lowest BCUT2D eigenvalue weighted by Crippen LogP contribution is -2.23. The minimum atomic E-state index is -0.269. The maximum atomic E-state index is 12.0. The maximum Gasteiger partial charge on any atom is 0.291 e. The zero-order chi connectivity index (χ0) is 13.9. The number of anilines is 1. The van der Waals surface area contributed by atoms with E-state index in [9.17, 15) is 4.79 Å². The molecule has 0 unspecified atom stereocenters. The van der Waals surface area contributed by atoms with Crippen LogP contribution in [0.15, 0.2) is 54.3 Å². The lowest BCUT2D eigenvalue weighted by molar-refractivity contribution is -0.115. The van der Waals surface area contributed by atoms with Crippen LogP contribution in [-0.2, 0) is 4.79 Å². The Labute approximate surface area is 116 Å². The van der Waals surface area contributed by atoms with Gasteiger partial charge in [-0.1, -0.05) is 30.3 Å². The molecule has 20 heavy (non-hydrogen) atoms. The lowest BCUT2D eigenvalue weighted by atomic mass is 10.2. The number of carbonyl (C=O) groups excluding carboxylic acids is 1. The molecule has 2 aromatic carbocycles. The molecule has 4 heteroatoms. The summed E-state index contributed by atoms with van der Waals surface area (Å²) in [6.45, 7) is 0. The average Bonchev–Trinajstić information content (AvgIpc) is 2.48. The summed E-state index contributed by atoms with van der Waals surface area (Å²) in [6, 6.07) is 14.8. The number of ether oxygens (including phenoxy) is 2. The van der Waals surface area contributed by atoms with Crippen molar-refractivity contribution in [1.82, 2.24) is 0 Å². The van der Waals surface area contributed by atoms with Crippen molar-refractivity contribution < 1.29 is 14.3 Å². The van der Waals surface area contributed by atoms with E-state index in [0.717, 1.165) is 5.56 Å². The molecule has 0 radical (unpaired) electrons. The van der Waals surface area contributed by atoms with Gasteiger partial charge in [0.15, 0.2) is 11.5 Å². The Morgan fingerprint density at radius 3 is 2.70 bits per heavy atom. The Morgan fingerprint density at radius 1 is 1.15 bits per heavy atom. The predicted octanol–water partition coefficient (Wildman–Crippen LogP) is 3.07. The number of hydrogen-bond acceptors (Lipinski definition) is 3. The zero-order valence-corrected chi connectivity index (χ0v) is 10.9. The Morgan fingerprint density at radius 2 is 1.95 bits per heavy atom. The molecule has 0 aromatic heterocycles. The fraction of sp³-hybridized carbons (Fsp3) is 0.0625. The summed E-state index contributed by atoms with van der Waals surface area (Å²) in [5.74, 6) is 1.28. The number of benzene rings is 2. The van der Waals surface area contributed by atoms with Gasteiger partial charge < -0.3 is 14.8 Å². The maximum absolute atomic E-state index is 12.0. The highest BCUT2D eigenvalue weighted by atomic mass is 16.5. The molecule has 0 fully saturated rings. The van der Waals surface area contributed by atoms with Crippen LogP contribution in [0, 0.1) is 0 Å². The van der Waals surface area contributed by atoms with Crippen molar-refractivity contribution >= 4 is 17.7 Å². The topological polar surface area (TPSA) is 47.6 Å². The van der Waals surface area contributed by atoms with Crippen molar-refractivity contribution in [3.63, 3.8) is 0 Å². The number of fused-ring (bicyclic) bond motifs is 1. The molecular formula is C16H13NO3. The van der Waals surface area contributed by atoms with Gasteiger partial charge in [0.1, 0.15) is 5.75 Å². The SMILES string of the molecule is COc1ccc2c(c1)NC(=O)C(=Cc1ccccc1)O2. The largest absolute Gasteiger partial charge is 0.497 e. The molecule has 1 aliphatic heterocycles. The monoisotopic (exact) mass is 267 g/mol. The van der Waals surface area contributed by atoms with Crippen molar-refractivity contribution in [3.05, 3.63) is 59.9 Å². The Bertz CT molecular complexity index is 677. The molecule has 0 atom stereocenters. The Balaban J connectivity index is 1.93. The van der Waals surface area contributed by atoms with Gasteiger partial charge in [-0.2, -0.15) is 0 Å². The summed E-state index contributed by atoms with van der Waals surface area (Å²) >= 11 is 0. The van der Waals surface area contributed by atoms with Gasteiger partial charge in [-0.3, -0.25) is 4.79 Å². The summed E-state index contributed by atoms with van der Waals surface area (Å²) in [7, 11) is 1.58. The van der Waals surface area contributed by atoms with Crippen LogP contribution in [-0.4, -0.2) is 13.0 Å². The van der Waals surface area contributed by atoms with Crippen molar-refractivity contribution in [2.24, 2.45) is 0 Å². The van der Waals surface area contributed by atoms with Gasteiger partial charge in [-0.25, -0.2) is 0 Å². The zero-order valence-electron chi connectivity index (χ0n) is 10.9. The molecule has 0 saturated carbocycles. The molecule has 1 aliphatic rings. The standard InChI is InChI=1S/C16H13NO3/c1-19-12-7-8-14-13(10-12)17-16(18)15(20-14)9-11-5-3-2-4-6-11/h2-10H,1H3,(H,17,18). The molecule has 0 spiro atoms. The first-order valence-electron chi connectivity index (χ1n) is 6.20. The van der Waals surface area contributed by atoms with Gasteiger partial charge in [-0.15, -0.1) is 0 Å². The summed E-state index contributed by atoms with van der Waals surface area (Å²) in [6.07, 6.45) is 1.71. The quantitative estimate of drug-likeness (QED) is 0.851. The van der Waals surface area contributed by atoms with Gasteiger partial charge in [0.2, 0.25) is 0 Å². The predicted molar refractivity (Wildman–Crippen MR) is 76.7 cm³/mol. The van der Waals surface area contributed by atoms with E-state index in [0.29, 0.717) is 17.2 Å². The van der Waals surface area contributed by atoms with E-state index in [2.05, 4.69) is 5.32 Å². The number of amides is 1. The normalized spacial score (nSPS) is 15.2. The van der Waals surface area contributed by atoms with E-state index < -0.39 is 0 Å². The molecule has 3 rings (SSSR count). The van der Waals surface area contributed by atoms with Gasteiger partial charge in [0.25, 0.3) is 5.91 Å². The van der Waals surface area contributed by atoms with E-state index in [4.69, 9.17) is 9.47 Å². The molecule has 1 heterocycles. The Hall–Kier alpha value is -2.75. The Kier molecular flexibility index (Phi) is 3.13. The van der Waals surface area contributed by atoms with E-state index in [1.165, 1.54) is 0 Å². The molecule has 1 amide bonds. The van der Waals surface area contributed by atoms with E-state index in [-0.39, 0.29) is 11.7 Å². The van der Waals surface area contributed by atoms with E-state index in [1.54, 1.807) is 31.4 Å². The second-order valence-electron chi connectivity index (χ2n) is 4.34. The second-order valence-corrected chi connectivity index (χ2v) is 4.34. The molecule has 0 saturated heterocycles. The summed E-state index contributed by atoms with van der Waals surface area (Å²) in [4.78, 5) is 12.0. The average molecular weight is 267 g/mol. The smallest absolute Gasteiger partial charge is 0.291 e. The molecule has 100 valence electrons. The van der Waals surface area contributed by atoms with Gasteiger partial charge in [0.05, 0.1) is 12.8 Å². The third kappa shape index (κ3) is 2.36. The second kappa shape index (κ2) is 5.09. The van der Waals surface area contributed by atoms with Crippen molar-refractivity contribution in [2.75, 3.05) is 12.4 Å². The number of nitrogens with one attached hydrogen (secondary N) is 1. The van der Waals surface area contributed by atoms with Gasteiger partial charge in [-0.05, 0) is 23.8 Å². The van der Waals surface area contributed by atoms with Crippen molar-refractivity contribution in [2.45, 2.75) is 0 Å². The number of carbonyl (C=O) groups is 1. The van der Waals surface area contributed by atoms with Crippen LogP contribution >= 0.6 is 0 Å². The van der Waals surface area contributed by atoms with Gasteiger partial charge >= 0.3 is 0 Å². The van der Waals surface area contributed by atoms with Crippen LogP contribution in [0.4, 0.5) is 5.69 Å². The highest BCUT2D eigenvalue weighted by molar-refractivity contribution is 6.08. The first kappa shape index (κ1) is 12.3. The molecular weight excluding hydrogens is 254 g/mol. The minimum Gasteiger partial charge on any atom is -0.497 e. The van der Waals surface area contributed by atoms with Gasteiger partial charge in [0, 0.05) is 6.07 Å². The summed E-state index contributed by atoms with van der Waals surface area (Å²) in [5.41, 5.74) is 1.52. The third-order valence-electron chi connectivity index (χ3n) is 2.98. The van der Waals surface area contributed by atoms with Crippen LogP contribution in [0.1, 0.15) is 5.56 Å². The van der Waals surface area contributed by atoms with E-state index >= 15 is 0 Å². The van der Waals surface area contributed by atoms with Crippen molar-refractivity contribution in [3.8, 4) is 11.5 Å². The van der Waals surface area contributed by atoms with Crippen LogP contribution < -0.4 is 14.8 Å². The van der Waals surface area contributed by atoms with Crippen LogP contribution in [0.3, 0.4) is 0 Å². The first-order chi connectivity index (χ1) is 9.76. The molecule has 0 bridgehead atoms. The highest BCUT2D eigenvalue weighted by Gasteiger charge is 2.22. The first-order valence-corrected chi connectivity index (χ1v) is 6.20. The highest BCUT2D eigenvalue weighted by Crippen LogP contribution is 2.34. The fourth-order valence-corrected chi connectivity index (χ4v) is 1.97. The molecule has 2 aromatic rings. The van der Waals surface area contributed by atoms with Crippen LogP contribution in [0.2, 0.25) is 0 Å². The molecule has 1 N–H and O–H groups in total. The summed E-state index contributed by atoms with van der Waals surface area (Å²) < 4.78 is 10.8. The fourth-order valence-electron chi connectivity index (χ4n) is 1.97.